The van der Waals surface area contributed by atoms with Crippen molar-refractivity contribution in [3.8, 4) is 0 Å². The zero-order chi connectivity index (χ0) is 8.27. The van der Waals surface area contributed by atoms with Gasteiger partial charge in [-0.05, 0) is 19.9 Å². The van der Waals surface area contributed by atoms with Crippen LogP contribution in [0.4, 0.5) is 0 Å². The SMILES string of the molecule is CO[C@H](C)c1cccnc1C. The summed E-state index contributed by atoms with van der Waals surface area (Å²) in [5.74, 6) is 0. The van der Waals surface area contributed by atoms with Gasteiger partial charge in [0, 0.05) is 24.6 Å². The van der Waals surface area contributed by atoms with Crippen LogP contribution in [0.1, 0.15) is 24.3 Å². The van der Waals surface area contributed by atoms with Gasteiger partial charge in [-0.15, -0.1) is 0 Å². The first-order chi connectivity index (χ1) is 5.25. The molecule has 0 aliphatic heterocycles. The molecule has 0 aliphatic rings. The summed E-state index contributed by atoms with van der Waals surface area (Å²) in [7, 11) is 1.71. The minimum atomic E-state index is 0.142. The van der Waals surface area contributed by atoms with Crippen molar-refractivity contribution >= 4 is 0 Å². The summed E-state index contributed by atoms with van der Waals surface area (Å²) in [6, 6.07) is 3.97. The Labute approximate surface area is 67.2 Å². The molecule has 0 N–H and O–H groups in total. The molecule has 1 atom stereocenters. The predicted octanol–water partition coefficient (Wildman–Crippen LogP) is 2.10. The fourth-order valence-electron chi connectivity index (χ4n) is 1.05. The van der Waals surface area contributed by atoms with Gasteiger partial charge in [0.2, 0.25) is 0 Å². The highest BCUT2D eigenvalue weighted by atomic mass is 16.5. The molecule has 1 heterocycles. The van der Waals surface area contributed by atoms with Gasteiger partial charge in [0.1, 0.15) is 0 Å². The van der Waals surface area contributed by atoms with Crippen LogP contribution in [-0.4, -0.2) is 12.1 Å². The molecule has 0 saturated carbocycles. The van der Waals surface area contributed by atoms with E-state index >= 15 is 0 Å². The van der Waals surface area contributed by atoms with Gasteiger partial charge in [-0.25, -0.2) is 0 Å². The van der Waals surface area contributed by atoms with Crippen LogP contribution in [0, 0.1) is 6.92 Å². The topological polar surface area (TPSA) is 22.1 Å². The first kappa shape index (κ1) is 8.21. The van der Waals surface area contributed by atoms with Crippen molar-refractivity contribution in [1.82, 2.24) is 4.98 Å². The molecule has 1 rings (SSSR count). The molecule has 0 bridgehead atoms. The van der Waals surface area contributed by atoms with Crippen molar-refractivity contribution in [2.45, 2.75) is 20.0 Å². The molecule has 0 aromatic carbocycles. The molecular formula is C9H13NO. The molecule has 60 valence electrons. The third-order valence-electron chi connectivity index (χ3n) is 1.84. The molecule has 0 saturated heterocycles. The number of methoxy groups -OCH3 is 1. The van der Waals surface area contributed by atoms with Crippen LogP contribution in [-0.2, 0) is 4.74 Å². The number of hydrogen-bond acceptors (Lipinski definition) is 2. The van der Waals surface area contributed by atoms with E-state index < -0.39 is 0 Å². The molecule has 2 nitrogen and oxygen atoms in total. The fourth-order valence-corrected chi connectivity index (χ4v) is 1.05. The summed E-state index contributed by atoms with van der Waals surface area (Å²) >= 11 is 0. The van der Waals surface area contributed by atoms with Gasteiger partial charge in [-0.2, -0.15) is 0 Å². The van der Waals surface area contributed by atoms with Crippen molar-refractivity contribution in [3.05, 3.63) is 29.6 Å². The minimum Gasteiger partial charge on any atom is -0.377 e. The van der Waals surface area contributed by atoms with Crippen molar-refractivity contribution in [2.24, 2.45) is 0 Å². The van der Waals surface area contributed by atoms with Gasteiger partial charge < -0.3 is 4.74 Å². The average molecular weight is 151 g/mol. The molecule has 0 unspecified atom stereocenters. The summed E-state index contributed by atoms with van der Waals surface area (Å²) in [5, 5.41) is 0. The van der Waals surface area contributed by atoms with Crippen molar-refractivity contribution in [3.63, 3.8) is 0 Å². The first-order valence-corrected chi connectivity index (χ1v) is 3.70. The fraction of sp³-hybridized carbons (Fsp3) is 0.444. The molecule has 0 amide bonds. The predicted molar refractivity (Wildman–Crippen MR) is 44.4 cm³/mol. The van der Waals surface area contributed by atoms with Crippen molar-refractivity contribution in [2.75, 3.05) is 7.11 Å². The van der Waals surface area contributed by atoms with Crippen LogP contribution in [0.15, 0.2) is 18.3 Å². The maximum Gasteiger partial charge on any atom is 0.0810 e. The van der Waals surface area contributed by atoms with Gasteiger partial charge >= 0.3 is 0 Å². The molecule has 0 aliphatic carbocycles. The van der Waals surface area contributed by atoms with E-state index in [9.17, 15) is 0 Å². The number of hydrogen-bond donors (Lipinski definition) is 0. The molecule has 1 aromatic heterocycles. The Morgan fingerprint density at radius 3 is 2.82 bits per heavy atom. The van der Waals surface area contributed by atoms with Gasteiger partial charge in [0.25, 0.3) is 0 Å². The number of pyridine rings is 1. The van der Waals surface area contributed by atoms with Crippen molar-refractivity contribution in [1.29, 1.82) is 0 Å². The van der Waals surface area contributed by atoms with E-state index in [0.717, 1.165) is 11.3 Å². The number of rotatable bonds is 2. The maximum absolute atomic E-state index is 5.18. The molecular weight excluding hydrogens is 138 g/mol. The Morgan fingerprint density at radius 2 is 2.27 bits per heavy atom. The molecule has 1 aromatic rings. The van der Waals surface area contributed by atoms with Gasteiger partial charge in [0.05, 0.1) is 6.10 Å². The number of aryl methyl sites for hydroxylation is 1. The Bertz CT molecular complexity index is 235. The van der Waals surface area contributed by atoms with E-state index in [0.29, 0.717) is 0 Å². The second kappa shape index (κ2) is 3.49. The second-order valence-electron chi connectivity index (χ2n) is 2.56. The lowest BCUT2D eigenvalue weighted by molar-refractivity contribution is 0.118. The van der Waals surface area contributed by atoms with Gasteiger partial charge in [0.15, 0.2) is 0 Å². The highest BCUT2D eigenvalue weighted by Gasteiger charge is 2.05. The zero-order valence-corrected chi connectivity index (χ0v) is 7.16. The maximum atomic E-state index is 5.18. The summed E-state index contributed by atoms with van der Waals surface area (Å²) in [6.07, 6.45) is 1.94. The smallest absolute Gasteiger partial charge is 0.0810 e. The van der Waals surface area contributed by atoms with E-state index in [-0.39, 0.29) is 6.10 Å². The minimum absolute atomic E-state index is 0.142. The summed E-state index contributed by atoms with van der Waals surface area (Å²) in [6.45, 7) is 4.01. The second-order valence-corrected chi connectivity index (χ2v) is 2.56. The van der Waals surface area contributed by atoms with E-state index in [1.807, 2.05) is 26.0 Å². The first-order valence-electron chi connectivity index (χ1n) is 3.70. The highest BCUT2D eigenvalue weighted by molar-refractivity contribution is 5.20. The summed E-state index contributed by atoms with van der Waals surface area (Å²) in [4.78, 5) is 4.17. The van der Waals surface area contributed by atoms with Crippen LogP contribution in [0.2, 0.25) is 0 Å². The number of aromatic nitrogens is 1. The molecule has 2 heteroatoms. The van der Waals surface area contributed by atoms with Crippen LogP contribution in [0.25, 0.3) is 0 Å². The Morgan fingerprint density at radius 1 is 1.55 bits per heavy atom. The van der Waals surface area contributed by atoms with E-state index in [1.54, 1.807) is 13.3 Å². The molecule has 0 fully saturated rings. The zero-order valence-electron chi connectivity index (χ0n) is 7.16. The van der Waals surface area contributed by atoms with E-state index in [4.69, 9.17) is 4.74 Å². The van der Waals surface area contributed by atoms with E-state index in [1.165, 1.54) is 0 Å². The third-order valence-corrected chi connectivity index (χ3v) is 1.84. The quantitative estimate of drug-likeness (QED) is 0.645. The summed E-state index contributed by atoms with van der Waals surface area (Å²) in [5.41, 5.74) is 2.21. The highest BCUT2D eigenvalue weighted by Crippen LogP contribution is 2.16. The van der Waals surface area contributed by atoms with E-state index in [2.05, 4.69) is 4.98 Å². The van der Waals surface area contributed by atoms with Crippen LogP contribution >= 0.6 is 0 Å². The molecule has 0 radical (unpaired) electrons. The third kappa shape index (κ3) is 1.77. The largest absolute Gasteiger partial charge is 0.377 e. The van der Waals surface area contributed by atoms with Gasteiger partial charge in [-0.3, -0.25) is 4.98 Å². The van der Waals surface area contributed by atoms with Crippen LogP contribution < -0.4 is 0 Å². The lowest BCUT2D eigenvalue weighted by atomic mass is 10.1. The van der Waals surface area contributed by atoms with Crippen LogP contribution in [0.5, 0.6) is 0 Å². The number of ether oxygens (including phenoxy) is 1. The molecule has 0 spiro atoms. The van der Waals surface area contributed by atoms with Crippen molar-refractivity contribution < 1.29 is 4.74 Å². The Hall–Kier alpha value is -0.890. The Balaban J connectivity index is 2.93. The standard InChI is InChI=1S/C9H13NO/c1-7-9(8(2)11-3)5-4-6-10-7/h4-6,8H,1-3H3/t8-/m1/s1. The number of nitrogens with zero attached hydrogens (tertiary/aromatic N) is 1. The normalized spacial score (nSPS) is 13.0. The monoisotopic (exact) mass is 151 g/mol. The lowest BCUT2D eigenvalue weighted by Crippen LogP contribution is -1.99. The molecule has 11 heavy (non-hydrogen) atoms. The Kier molecular flexibility index (Phi) is 2.60. The average Bonchev–Trinajstić information content (AvgIpc) is 2.04. The lowest BCUT2D eigenvalue weighted by Gasteiger charge is -2.10. The van der Waals surface area contributed by atoms with Gasteiger partial charge in [-0.1, -0.05) is 6.07 Å². The summed E-state index contributed by atoms with van der Waals surface area (Å²) < 4.78 is 5.18. The van der Waals surface area contributed by atoms with Crippen LogP contribution in [0.3, 0.4) is 0 Å².